The number of alkyl carbamates (subject to hydrolysis) is 1. The Morgan fingerprint density at radius 3 is 2.14 bits per heavy atom. The molecule has 0 fully saturated rings. The number of hydrogen-bond acceptors (Lipinski definition) is 14. The molecule has 0 unspecified atom stereocenters. The number of anilines is 2. The molecule has 4 aromatic rings. The Balaban J connectivity index is 1.39. The van der Waals surface area contributed by atoms with Crippen LogP contribution in [0.4, 0.5) is 32.3 Å². The fourth-order valence-electron chi connectivity index (χ4n) is 7.34. The van der Waals surface area contributed by atoms with E-state index in [2.05, 4.69) is 57.5 Å². The molecule has 0 aliphatic heterocycles. The van der Waals surface area contributed by atoms with Crippen molar-refractivity contribution in [3.8, 4) is 0 Å². The number of para-hydroxylation sites is 1. The smallest absolute Gasteiger partial charge is 0.407 e. The molecule has 4 rings (SSSR count). The average Bonchev–Trinajstić information content (AvgIpc) is 3.76. The van der Waals surface area contributed by atoms with Crippen LogP contribution in [0.1, 0.15) is 64.0 Å². The van der Waals surface area contributed by atoms with Crippen LogP contribution in [0.25, 0.3) is 21.3 Å². The number of nitrogens with two attached hydrogens (primary N) is 1. The highest BCUT2D eigenvalue weighted by molar-refractivity contribution is 5.99. The number of nitrogens with zero attached hydrogens (tertiary/aromatic N) is 5. The van der Waals surface area contributed by atoms with Gasteiger partial charge in [-0.25, -0.2) is 9.59 Å². The lowest BCUT2D eigenvalue weighted by Gasteiger charge is -2.28. The van der Waals surface area contributed by atoms with E-state index in [0.717, 1.165) is 28.6 Å². The molecule has 4 atom stereocenters. The minimum absolute atomic E-state index is 0.0166. The summed E-state index contributed by atoms with van der Waals surface area (Å²) in [5.74, 6) is -3.79. The Morgan fingerprint density at radius 2 is 1.47 bits per heavy atom. The zero-order valence-electron chi connectivity index (χ0n) is 40.3. The van der Waals surface area contributed by atoms with Crippen molar-refractivity contribution >= 4 is 75.3 Å². The first kappa shape index (κ1) is 56.6. The van der Waals surface area contributed by atoms with Gasteiger partial charge in [-0.2, -0.15) is 0 Å². The number of benzene rings is 3. The number of urea groups is 1. The first-order valence-corrected chi connectivity index (χ1v) is 23.1. The van der Waals surface area contributed by atoms with Gasteiger partial charge in [-0.05, 0) is 72.5 Å². The Morgan fingerprint density at radius 1 is 0.781 bits per heavy atom. The van der Waals surface area contributed by atoms with E-state index in [1.807, 2.05) is 24.3 Å². The highest BCUT2D eigenvalue weighted by atomic mass is 16.6. The van der Waals surface area contributed by atoms with E-state index < -0.39 is 93.0 Å². The minimum atomic E-state index is -1.23. The zero-order chi connectivity index (χ0) is 53.5. The van der Waals surface area contributed by atoms with Crippen LogP contribution in [0.2, 0.25) is 0 Å². The van der Waals surface area contributed by atoms with Crippen LogP contribution in [-0.4, -0.2) is 107 Å². The Labute approximate surface area is 417 Å². The first-order valence-electron chi connectivity index (χ1n) is 23.1. The number of carbonyl (C=O) groups excluding carboxylic acids is 7. The number of aromatic amines is 1. The van der Waals surface area contributed by atoms with Crippen LogP contribution in [0.15, 0.2) is 78.0 Å². The lowest BCUT2D eigenvalue weighted by Crippen LogP contribution is -2.59. The van der Waals surface area contributed by atoms with E-state index >= 15 is 0 Å². The van der Waals surface area contributed by atoms with Crippen molar-refractivity contribution in [1.82, 2.24) is 36.9 Å². The standard InChI is InChI=1S/C46H59N15O12/c1-27(2)40(58-42(64)36(11-6-7-20-53-59-48)56-43(65)38(54-28(3)62)23-30-25-52-34-10-5-4-9-33(30)34)44(66)57-37(12-8-19-50-45(47)67)41(63)55-31-15-13-29(14-16-31)26-73-46(68)51-22-21-49-35-18-17-32(60(69)70)24-39(35)61(71)72/h4-5,9-10,13-18,24-25,27,36-38,40,49,52H,6-8,11-12,19-23,26H2,1-3H3,(H,51,68)(H,54,62)(H,55,63)(H,56,65)(H,57,66)(H,58,64)(H3,47,50,67)/t36-,37-,38-,40-/m0/s1. The Kier molecular flexibility index (Phi) is 22.2. The number of hydrogen-bond donors (Lipinski definition) is 10. The molecule has 0 radical (unpaired) electrons. The summed E-state index contributed by atoms with van der Waals surface area (Å²) in [6, 6.07) is 11.2. The summed E-state index contributed by atoms with van der Waals surface area (Å²) in [6.45, 7) is 4.63. The number of unbranched alkanes of at least 4 members (excludes halogenated alkanes) is 1. The summed E-state index contributed by atoms with van der Waals surface area (Å²) in [7, 11) is 0. The van der Waals surface area contributed by atoms with E-state index in [-0.39, 0.29) is 64.2 Å². The van der Waals surface area contributed by atoms with Crippen molar-refractivity contribution in [3.63, 3.8) is 0 Å². The van der Waals surface area contributed by atoms with Gasteiger partial charge in [-0.1, -0.05) is 55.7 Å². The molecule has 27 nitrogen and oxygen atoms in total. The van der Waals surface area contributed by atoms with Gasteiger partial charge < -0.3 is 58.0 Å². The highest BCUT2D eigenvalue weighted by Gasteiger charge is 2.33. The normalized spacial score (nSPS) is 12.4. The summed E-state index contributed by atoms with van der Waals surface area (Å²) < 4.78 is 5.23. The van der Waals surface area contributed by atoms with Crippen molar-refractivity contribution in [2.24, 2.45) is 16.8 Å². The van der Waals surface area contributed by atoms with Crippen LogP contribution >= 0.6 is 0 Å². The van der Waals surface area contributed by atoms with E-state index in [1.165, 1.54) is 25.1 Å². The zero-order valence-corrected chi connectivity index (χ0v) is 40.3. The van der Waals surface area contributed by atoms with Crippen molar-refractivity contribution in [2.45, 2.75) is 90.1 Å². The minimum Gasteiger partial charge on any atom is -0.445 e. The molecule has 1 aromatic heterocycles. The topological polar surface area (TPSA) is 402 Å². The number of nitro groups is 2. The average molecular weight is 1010 g/mol. The largest absolute Gasteiger partial charge is 0.445 e. The second-order valence-electron chi connectivity index (χ2n) is 16.9. The number of ether oxygens (including phenoxy) is 1. The van der Waals surface area contributed by atoms with Crippen molar-refractivity contribution in [1.29, 1.82) is 0 Å². The lowest BCUT2D eigenvalue weighted by atomic mass is 10.00. The molecule has 3 aromatic carbocycles. The molecular weight excluding hydrogens is 955 g/mol. The number of fused-ring (bicyclic) bond motifs is 1. The predicted octanol–water partition coefficient (Wildman–Crippen LogP) is 4.05. The summed E-state index contributed by atoms with van der Waals surface area (Å²) in [5, 5.41) is 47.9. The van der Waals surface area contributed by atoms with Gasteiger partial charge in [0.05, 0.1) is 15.9 Å². The van der Waals surface area contributed by atoms with Crippen molar-refractivity contribution in [3.05, 3.63) is 115 Å². The SMILES string of the molecule is CC(=O)N[C@@H](Cc1c[nH]c2ccccc12)C(=O)N[C@@H](CCCCN=[N+]=[N-])C(=O)N[C@H](C(=O)N[C@@H](CCCNC(N)=O)C(=O)Nc1ccc(COC(=O)NCCNc2ccc([N+](=O)[O-])cc2[N+](=O)[O-])cc1)C(C)C. The number of aromatic nitrogens is 1. The predicted molar refractivity (Wildman–Crippen MR) is 266 cm³/mol. The molecule has 390 valence electrons. The molecule has 0 saturated heterocycles. The Bertz CT molecular complexity index is 2650. The monoisotopic (exact) mass is 1010 g/mol. The van der Waals surface area contributed by atoms with Gasteiger partial charge in [0.2, 0.25) is 29.5 Å². The fraction of sp³-hybridized carbons (Fsp3) is 0.413. The molecule has 0 aliphatic carbocycles. The third kappa shape index (κ3) is 18.7. The fourth-order valence-corrected chi connectivity index (χ4v) is 7.34. The van der Waals surface area contributed by atoms with Gasteiger partial charge in [-0.3, -0.25) is 44.2 Å². The third-order valence-corrected chi connectivity index (χ3v) is 11.0. The third-order valence-electron chi connectivity index (χ3n) is 11.0. The maximum absolute atomic E-state index is 14.1. The van der Waals surface area contributed by atoms with Crippen LogP contribution in [-0.2, 0) is 41.7 Å². The summed E-state index contributed by atoms with van der Waals surface area (Å²) >= 11 is 0. The summed E-state index contributed by atoms with van der Waals surface area (Å²) in [6.07, 6.45) is 2.01. The van der Waals surface area contributed by atoms with E-state index in [1.54, 1.807) is 32.2 Å². The van der Waals surface area contributed by atoms with Gasteiger partial charge in [0.1, 0.15) is 36.5 Å². The number of nitro benzene ring substituents is 2. The molecule has 0 aliphatic rings. The molecule has 8 amide bonds. The van der Waals surface area contributed by atoms with Gasteiger partial charge >= 0.3 is 12.1 Å². The second kappa shape index (κ2) is 28.6. The lowest BCUT2D eigenvalue weighted by molar-refractivity contribution is -0.393. The maximum atomic E-state index is 14.1. The van der Waals surface area contributed by atoms with Crippen LogP contribution in [0, 0.1) is 26.1 Å². The number of rotatable bonds is 29. The van der Waals surface area contributed by atoms with Gasteiger partial charge in [0, 0.05) is 73.3 Å². The van der Waals surface area contributed by atoms with Crippen LogP contribution in [0.5, 0.6) is 0 Å². The van der Waals surface area contributed by atoms with E-state index in [0.29, 0.717) is 24.1 Å². The first-order chi connectivity index (χ1) is 34.9. The number of carbonyl (C=O) groups is 7. The number of azide groups is 1. The van der Waals surface area contributed by atoms with Crippen LogP contribution in [0.3, 0.4) is 0 Å². The summed E-state index contributed by atoms with van der Waals surface area (Å²) in [4.78, 5) is 119. The van der Waals surface area contributed by atoms with Gasteiger partial charge in [0.25, 0.3) is 11.4 Å². The molecule has 0 saturated carbocycles. The number of H-pyrrole nitrogens is 1. The number of primary amides is 1. The van der Waals surface area contributed by atoms with Crippen molar-refractivity contribution in [2.75, 3.05) is 36.8 Å². The van der Waals surface area contributed by atoms with E-state index in [9.17, 15) is 53.8 Å². The molecule has 11 N–H and O–H groups in total. The van der Waals surface area contributed by atoms with Crippen LogP contribution < -0.4 is 48.3 Å². The van der Waals surface area contributed by atoms with Gasteiger partial charge in [0.15, 0.2) is 0 Å². The van der Waals surface area contributed by atoms with Crippen molar-refractivity contribution < 1.29 is 48.1 Å². The Hall–Kier alpha value is -9.00. The number of non-ortho nitro benzene ring substituents is 1. The highest BCUT2D eigenvalue weighted by Crippen LogP contribution is 2.29. The molecular formula is C46H59N15O12. The number of amides is 8. The van der Waals surface area contributed by atoms with Gasteiger partial charge in [-0.15, -0.1) is 0 Å². The molecule has 73 heavy (non-hydrogen) atoms. The quantitative estimate of drug-likeness (QED) is 0.00918. The maximum Gasteiger partial charge on any atom is 0.407 e. The number of nitrogens with one attached hydrogen (secondary N) is 9. The molecule has 0 bridgehead atoms. The van der Waals surface area contributed by atoms with E-state index in [4.69, 9.17) is 16.0 Å². The summed E-state index contributed by atoms with van der Waals surface area (Å²) in [5.41, 5.74) is 15.4. The molecule has 27 heteroatoms. The molecule has 0 spiro atoms. The molecule has 1 heterocycles. The second-order valence-corrected chi connectivity index (χ2v) is 16.9.